The van der Waals surface area contributed by atoms with Crippen LogP contribution in [0, 0.1) is 5.92 Å². The van der Waals surface area contributed by atoms with Crippen LogP contribution < -0.4 is 5.32 Å². The number of carbonyl (C=O) groups excluding carboxylic acids is 1. The van der Waals surface area contributed by atoms with Gasteiger partial charge in [0.25, 0.3) is 0 Å². The first-order chi connectivity index (χ1) is 6.33. The lowest BCUT2D eigenvalue weighted by atomic mass is 10.1. The van der Waals surface area contributed by atoms with Gasteiger partial charge in [-0.1, -0.05) is 0 Å². The summed E-state index contributed by atoms with van der Waals surface area (Å²) in [6.45, 7) is 2.74. The molecular weight excluding hydrogens is 170 g/mol. The topological polar surface area (TPSA) is 47.6 Å². The molecule has 4 heteroatoms. The number of hydrogen-bond acceptors (Lipinski definition) is 4. The molecule has 0 amide bonds. The summed E-state index contributed by atoms with van der Waals surface area (Å²) in [6.07, 6.45) is 1.46. The van der Waals surface area contributed by atoms with Crippen LogP contribution in [0.4, 0.5) is 0 Å². The fourth-order valence-electron chi connectivity index (χ4n) is 1.22. The molecule has 4 nitrogen and oxygen atoms in total. The fraction of sp³-hybridized carbons (Fsp3) is 0.889. The van der Waals surface area contributed by atoms with Crippen molar-refractivity contribution in [2.45, 2.75) is 12.8 Å². The predicted octanol–water partition coefficient (Wildman–Crippen LogP) is 0.176. The summed E-state index contributed by atoms with van der Waals surface area (Å²) in [4.78, 5) is 11.1. The Kier molecular flexibility index (Phi) is 4.78. The third kappa shape index (κ3) is 4.24. The molecule has 0 saturated carbocycles. The van der Waals surface area contributed by atoms with Gasteiger partial charge in [-0.2, -0.15) is 0 Å². The summed E-state index contributed by atoms with van der Waals surface area (Å²) >= 11 is 0. The van der Waals surface area contributed by atoms with Crippen LogP contribution in [0.5, 0.6) is 0 Å². The molecule has 1 aliphatic rings. The van der Waals surface area contributed by atoms with Gasteiger partial charge in [0.1, 0.15) is 0 Å². The predicted molar refractivity (Wildman–Crippen MR) is 48.4 cm³/mol. The number of carbonyl (C=O) groups is 1. The molecule has 0 spiro atoms. The summed E-state index contributed by atoms with van der Waals surface area (Å²) in [5.74, 6) is 0.291. The summed E-state index contributed by atoms with van der Waals surface area (Å²) in [7, 11) is 1.82. The Labute approximate surface area is 78.6 Å². The van der Waals surface area contributed by atoms with Gasteiger partial charge in [0, 0.05) is 19.1 Å². The number of esters is 1. The van der Waals surface area contributed by atoms with E-state index in [9.17, 15) is 4.79 Å². The van der Waals surface area contributed by atoms with Crippen LogP contribution in [-0.4, -0.2) is 39.4 Å². The highest BCUT2D eigenvalue weighted by Gasteiger charge is 2.17. The second kappa shape index (κ2) is 5.94. The van der Waals surface area contributed by atoms with Crippen LogP contribution in [0.25, 0.3) is 0 Å². The molecule has 0 radical (unpaired) electrons. The minimum Gasteiger partial charge on any atom is -0.465 e. The third-order valence-electron chi connectivity index (χ3n) is 2.08. The van der Waals surface area contributed by atoms with E-state index in [-0.39, 0.29) is 5.97 Å². The zero-order valence-electron chi connectivity index (χ0n) is 8.04. The molecule has 0 aliphatic carbocycles. The van der Waals surface area contributed by atoms with Gasteiger partial charge in [-0.3, -0.25) is 4.79 Å². The van der Waals surface area contributed by atoms with Gasteiger partial charge in [0.2, 0.25) is 0 Å². The number of nitrogens with one attached hydrogen (secondary N) is 1. The molecule has 13 heavy (non-hydrogen) atoms. The largest absolute Gasteiger partial charge is 0.465 e. The minimum atomic E-state index is -0.124. The number of hydrogen-bond donors (Lipinski definition) is 1. The number of ether oxygens (including phenoxy) is 2. The van der Waals surface area contributed by atoms with Gasteiger partial charge in [0.05, 0.1) is 19.6 Å². The van der Waals surface area contributed by atoms with Crippen molar-refractivity contribution in [1.29, 1.82) is 0 Å². The third-order valence-corrected chi connectivity index (χ3v) is 2.08. The maximum absolute atomic E-state index is 11.1. The molecule has 1 unspecified atom stereocenters. The molecule has 76 valence electrons. The van der Waals surface area contributed by atoms with Gasteiger partial charge < -0.3 is 14.8 Å². The molecule has 1 heterocycles. The minimum absolute atomic E-state index is 0.124. The molecule has 1 atom stereocenters. The van der Waals surface area contributed by atoms with Crippen LogP contribution in [0.15, 0.2) is 0 Å². The van der Waals surface area contributed by atoms with E-state index in [0.29, 0.717) is 25.5 Å². The molecule has 1 rings (SSSR count). The Morgan fingerprint density at radius 3 is 3.15 bits per heavy atom. The van der Waals surface area contributed by atoms with Gasteiger partial charge in [-0.25, -0.2) is 0 Å². The molecule has 0 aromatic heterocycles. The van der Waals surface area contributed by atoms with Gasteiger partial charge >= 0.3 is 5.97 Å². The quantitative estimate of drug-likeness (QED) is 0.623. The highest BCUT2D eigenvalue weighted by atomic mass is 16.5. The zero-order valence-corrected chi connectivity index (χ0v) is 8.04. The lowest BCUT2D eigenvalue weighted by molar-refractivity contribution is -0.144. The first kappa shape index (κ1) is 10.5. The van der Waals surface area contributed by atoms with E-state index in [2.05, 4.69) is 5.32 Å². The Morgan fingerprint density at radius 2 is 2.54 bits per heavy atom. The normalized spacial score (nSPS) is 21.8. The van der Waals surface area contributed by atoms with Crippen molar-refractivity contribution >= 4 is 5.97 Å². The van der Waals surface area contributed by atoms with Gasteiger partial charge in [-0.05, 0) is 13.5 Å². The van der Waals surface area contributed by atoms with Crippen molar-refractivity contribution in [2.75, 3.05) is 33.4 Å². The van der Waals surface area contributed by atoms with Crippen molar-refractivity contribution in [1.82, 2.24) is 5.32 Å². The Morgan fingerprint density at radius 1 is 1.69 bits per heavy atom. The van der Waals surface area contributed by atoms with E-state index in [1.807, 2.05) is 7.05 Å². The van der Waals surface area contributed by atoms with Crippen LogP contribution in [0.3, 0.4) is 0 Å². The summed E-state index contributed by atoms with van der Waals surface area (Å²) in [5, 5.41) is 2.90. The number of rotatable bonds is 5. The second-order valence-electron chi connectivity index (χ2n) is 3.27. The van der Waals surface area contributed by atoms with Crippen LogP contribution >= 0.6 is 0 Å². The van der Waals surface area contributed by atoms with Crippen molar-refractivity contribution < 1.29 is 14.3 Å². The van der Waals surface area contributed by atoms with E-state index in [1.54, 1.807) is 0 Å². The molecule has 1 aliphatic heterocycles. The SMILES string of the molecule is CNCCC(=O)OCC1CCOC1. The zero-order chi connectivity index (χ0) is 9.52. The molecule has 0 aromatic rings. The summed E-state index contributed by atoms with van der Waals surface area (Å²) < 4.78 is 10.2. The second-order valence-corrected chi connectivity index (χ2v) is 3.27. The Balaban J connectivity index is 2.00. The molecular formula is C9H17NO3. The van der Waals surface area contributed by atoms with Crippen molar-refractivity contribution in [3.05, 3.63) is 0 Å². The molecule has 1 fully saturated rings. The Hall–Kier alpha value is -0.610. The highest BCUT2D eigenvalue weighted by molar-refractivity contribution is 5.69. The van der Waals surface area contributed by atoms with Crippen LogP contribution in [-0.2, 0) is 14.3 Å². The fourth-order valence-corrected chi connectivity index (χ4v) is 1.22. The molecule has 0 bridgehead atoms. The molecule has 1 N–H and O–H groups in total. The maximum Gasteiger partial charge on any atom is 0.307 e. The van der Waals surface area contributed by atoms with E-state index in [0.717, 1.165) is 19.6 Å². The monoisotopic (exact) mass is 187 g/mol. The average Bonchev–Trinajstić information content (AvgIpc) is 2.64. The van der Waals surface area contributed by atoms with Crippen LogP contribution in [0.1, 0.15) is 12.8 Å². The lowest BCUT2D eigenvalue weighted by Crippen LogP contribution is -2.18. The van der Waals surface area contributed by atoms with Crippen molar-refractivity contribution in [3.8, 4) is 0 Å². The average molecular weight is 187 g/mol. The van der Waals surface area contributed by atoms with E-state index < -0.39 is 0 Å². The van der Waals surface area contributed by atoms with Crippen LogP contribution in [0.2, 0.25) is 0 Å². The first-order valence-corrected chi connectivity index (χ1v) is 4.71. The van der Waals surface area contributed by atoms with Crippen molar-refractivity contribution in [3.63, 3.8) is 0 Å². The maximum atomic E-state index is 11.1. The lowest BCUT2D eigenvalue weighted by Gasteiger charge is -2.08. The summed E-state index contributed by atoms with van der Waals surface area (Å²) in [5.41, 5.74) is 0. The molecule has 0 aromatic carbocycles. The van der Waals surface area contributed by atoms with E-state index in [4.69, 9.17) is 9.47 Å². The summed E-state index contributed by atoms with van der Waals surface area (Å²) in [6, 6.07) is 0. The van der Waals surface area contributed by atoms with E-state index in [1.165, 1.54) is 0 Å². The van der Waals surface area contributed by atoms with Crippen molar-refractivity contribution in [2.24, 2.45) is 5.92 Å². The Bertz CT molecular complexity index is 155. The van der Waals surface area contributed by atoms with E-state index >= 15 is 0 Å². The van der Waals surface area contributed by atoms with Gasteiger partial charge in [0.15, 0.2) is 0 Å². The molecule has 1 saturated heterocycles. The van der Waals surface area contributed by atoms with Gasteiger partial charge in [-0.15, -0.1) is 0 Å². The standard InChI is InChI=1S/C9H17NO3/c1-10-4-2-9(11)13-7-8-3-5-12-6-8/h8,10H,2-7H2,1H3. The first-order valence-electron chi connectivity index (χ1n) is 4.71. The highest BCUT2D eigenvalue weighted by Crippen LogP contribution is 2.12. The smallest absolute Gasteiger partial charge is 0.307 e.